The highest BCUT2D eigenvalue weighted by Gasteiger charge is 2.42. The molecule has 0 bridgehead atoms. The van der Waals surface area contributed by atoms with Crippen molar-refractivity contribution >= 4 is 14.5 Å². The predicted molar refractivity (Wildman–Crippen MR) is 76.9 cm³/mol. The van der Waals surface area contributed by atoms with Crippen molar-refractivity contribution in [1.82, 2.24) is 4.90 Å². The Labute approximate surface area is 115 Å². The molecule has 0 radical (unpaired) electrons. The van der Waals surface area contributed by atoms with Crippen molar-refractivity contribution in [3.05, 3.63) is 22.9 Å². The van der Waals surface area contributed by atoms with Gasteiger partial charge in [-0.3, -0.25) is 4.99 Å². The third-order valence-electron chi connectivity index (χ3n) is 3.85. The molecule has 0 aromatic carbocycles. The van der Waals surface area contributed by atoms with Crippen LogP contribution in [0.25, 0.3) is 0 Å². The van der Waals surface area contributed by atoms with E-state index in [1.165, 1.54) is 16.8 Å². The van der Waals surface area contributed by atoms with Crippen LogP contribution in [0.5, 0.6) is 0 Å². The summed E-state index contributed by atoms with van der Waals surface area (Å²) >= 11 is 0. The molecule has 0 aromatic heterocycles. The molecule has 0 saturated heterocycles. The molecular formula is C13H22N2O3Si. The summed E-state index contributed by atoms with van der Waals surface area (Å²) in [5, 5.41) is 0. The zero-order valence-corrected chi connectivity index (χ0v) is 13.3. The van der Waals surface area contributed by atoms with Crippen molar-refractivity contribution in [2.75, 3.05) is 34.2 Å². The lowest BCUT2D eigenvalue weighted by Crippen LogP contribution is -2.52. The van der Waals surface area contributed by atoms with E-state index in [1.54, 1.807) is 21.3 Å². The van der Waals surface area contributed by atoms with Crippen LogP contribution in [0.2, 0.25) is 0 Å². The van der Waals surface area contributed by atoms with Crippen LogP contribution in [0.15, 0.2) is 27.9 Å². The maximum atomic E-state index is 5.49. The normalized spacial score (nSPS) is 19.5. The fraction of sp³-hybridized carbons (Fsp3) is 0.615. The number of hydrogen-bond donors (Lipinski definition) is 0. The second-order valence-corrected chi connectivity index (χ2v) is 7.82. The second kappa shape index (κ2) is 5.58. The van der Waals surface area contributed by atoms with Gasteiger partial charge in [0, 0.05) is 27.8 Å². The van der Waals surface area contributed by atoms with Gasteiger partial charge in [-0.2, -0.15) is 0 Å². The minimum absolute atomic E-state index is 0.627. The van der Waals surface area contributed by atoms with Crippen molar-refractivity contribution in [1.29, 1.82) is 0 Å². The lowest BCUT2D eigenvalue weighted by atomic mass is 9.96. The lowest BCUT2D eigenvalue weighted by molar-refractivity contribution is 0.110. The Morgan fingerprint density at radius 2 is 1.84 bits per heavy atom. The van der Waals surface area contributed by atoms with Crippen molar-refractivity contribution in [3.63, 3.8) is 0 Å². The molecule has 1 heterocycles. The number of fused-ring (bicyclic) bond motifs is 1. The van der Waals surface area contributed by atoms with E-state index in [2.05, 4.69) is 29.8 Å². The third-order valence-corrected chi connectivity index (χ3v) is 6.48. The van der Waals surface area contributed by atoms with Crippen LogP contribution in [0, 0.1) is 0 Å². The first kappa shape index (κ1) is 14.5. The molecule has 0 unspecified atom stereocenters. The maximum Gasteiger partial charge on any atom is 0.520 e. The Morgan fingerprint density at radius 1 is 1.21 bits per heavy atom. The summed E-state index contributed by atoms with van der Waals surface area (Å²) in [6.45, 7) is 4.96. The van der Waals surface area contributed by atoms with Crippen LogP contribution in [0.4, 0.5) is 0 Å². The van der Waals surface area contributed by atoms with E-state index in [1.807, 2.05) is 0 Å². The van der Waals surface area contributed by atoms with E-state index in [0.29, 0.717) is 12.8 Å². The van der Waals surface area contributed by atoms with Gasteiger partial charge in [-0.05, 0) is 25.5 Å². The summed E-state index contributed by atoms with van der Waals surface area (Å²) in [6, 6.07) is 0. The Hall–Kier alpha value is -0.953. The van der Waals surface area contributed by atoms with Crippen LogP contribution in [0.3, 0.4) is 0 Å². The second-order valence-electron chi connectivity index (χ2n) is 4.91. The number of hydrogen-bond acceptors (Lipinski definition) is 5. The van der Waals surface area contributed by atoms with Gasteiger partial charge in [0.05, 0.1) is 17.6 Å². The summed E-state index contributed by atoms with van der Waals surface area (Å²) in [5.74, 6) is 0. The summed E-state index contributed by atoms with van der Waals surface area (Å²) in [4.78, 5) is 6.80. The Balaban J connectivity index is 2.19. The van der Waals surface area contributed by atoms with Gasteiger partial charge in [0.15, 0.2) is 0 Å². The molecule has 0 aromatic rings. The first-order valence-corrected chi connectivity index (χ1v) is 8.30. The highest BCUT2D eigenvalue weighted by atomic mass is 28.4. The molecule has 2 rings (SSSR count). The zero-order valence-electron chi connectivity index (χ0n) is 12.3. The molecule has 0 spiro atoms. The van der Waals surface area contributed by atoms with E-state index in [0.717, 1.165) is 12.1 Å². The van der Waals surface area contributed by atoms with Crippen LogP contribution >= 0.6 is 0 Å². The maximum absolute atomic E-state index is 5.49. The highest BCUT2D eigenvalue weighted by molar-refractivity contribution is 6.60. The van der Waals surface area contributed by atoms with Gasteiger partial charge in [-0.15, -0.1) is 0 Å². The molecule has 106 valence electrons. The Kier molecular flexibility index (Phi) is 4.25. The molecule has 0 N–H and O–H groups in total. The molecule has 0 amide bonds. The van der Waals surface area contributed by atoms with Gasteiger partial charge in [-0.25, -0.2) is 0 Å². The van der Waals surface area contributed by atoms with E-state index >= 15 is 0 Å². The first-order valence-electron chi connectivity index (χ1n) is 6.37. The zero-order chi connectivity index (χ0) is 14.0. The van der Waals surface area contributed by atoms with Crippen molar-refractivity contribution < 1.29 is 13.3 Å². The smallest absolute Gasteiger partial charge is 0.376 e. The fourth-order valence-electron chi connectivity index (χ4n) is 2.36. The summed E-state index contributed by atoms with van der Waals surface area (Å²) in [7, 11) is 2.32. The van der Waals surface area contributed by atoms with E-state index in [9.17, 15) is 0 Å². The molecule has 19 heavy (non-hydrogen) atoms. The van der Waals surface area contributed by atoms with Crippen LogP contribution in [-0.4, -0.2) is 53.6 Å². The van der Waals surface area contributed by atoms with Gasteiger partial charge in [0.1, 0.15) is 6.67 Å². The molecular weight excluding hydrogens is 260 g/mol. The summed E-state index contributed by atoms with van der Waals surface area (Å²) in [6.07, 6.45) is 3.77. The minimum Gasteiger partial charge on any atom is -0.376 e. The first-order chi connectivity index (χ1) is 9.05. The molecule has 5 nitrogen and oxygen atoms in total. The monoisotopic (exact) mass is 282 g/mol. The average Bonchev–Trinajstić information content (AvgIpc) is 2.79. The number of rotatable bonds is 5. The Bertz CT molecular complexity index is 445. The molecule has 0 atom stereocenters. The van der Waals surface area contributed by atoms with Gasteiger partial charge < -0.3 is 18.2 Å². The van der Waals surface area contributed by atoms with Crippen molar-refractivity contribution in [3.8, 4) is 0 Å². The summed E-state index contributed by atoms with van der Waals surface area (Å²) < 4.78 is 16.5. The van der Waals surface area contributed by atoms with Crippen LogP contribution in [0.1, 0.15) is 20.3 Å². The van der Waals surface area contributed by atoms with Crippen molar-refractivity contribution in [2.24, 2.45) is 4.99 Å². The van der Waals surface area contributed by atoms with E-state index < -0.39 is 8.80 Å². The quantitative estimate of drug-likeness (QED) is 0.721. The summed E-state index contributed by atoms with van der Waals surface area (Å²) in [5.41, 5.74) is 5.05. The largest absolute Gasteiger partial charge is 0.520 e. The Morgan fingerprint density at radius 3 is 2.42 bits per heavy atom. The molecule has 6 heteroatoms. The van der Waals surface area contributed by atoms with Gasteiger partial charge in [-0.1, -0.05) is 5.57 Å². The fourth-order valence-corrected chi connectivity index (χ4v) is 3.99. The SMILES string of the molecule is CO[Si](CN1CN=C2CC(C)=C(C)C=C21)(OC)OC. The lowest BCUT2D eigenvalue weighted by Gasteiger charge is -2.31. The number of nitrogens with zero attached hydrogens (tertiary/aromatic N) is 2. The van der Waals surface area contributed by atoms with Gasteiger partial charge in [0.25, 0.3) is 0 Å². The van der Waals surface area contributed by atoms with Crippen LogP contribution in [-0.2, 0) is 13.3 Å². The van der Waals surface area contributed by atoms with E-state index in [-0.39, 0.29) is 0 Å². The molecule has 1 aliphatic carbocycles. The highest BCUT2D eigenvalue weighted by Crippen LogP contribution is 2.28. The van der Waals surface area contributed by atoms with Crippen LogP contribution < -0.4 is 0 Å². The van der Waals surface area contributed by atoms with Gasteiger partial charge >= 0.3 is 8.80 Å². The minimum atomic E-state index is -2.60. The van der Waals surface area contributed by atoms with Gasteiger partial charge in [0.2, 0.25) is 0 Å². The average molecular weight is 282 g/mol. The number of allylic oxidation sites excluding steroid dienone is 4. The van der Waals surface area contributed by atoms with E-state index in [4.69, 9.17) is 13.3 Å². The van der Waals surface area contributed by atoms with Crippen molar-refractivity contribution in [2.45, 2.75) is 20.3 Å². The predicted octanol–water partition coefficient (Wildman–Crippen LogP) is 1.74. The molecule has 1 aliphatic heterocycles. The molecule has 2 aliphatic rings. The molecule has 0 fully saturated rings. The number of aliphatic imine (C=N–C) groups is 1. The third kappa shape index (κ3) is 2.67. The standard InChI is InChI=1S/C13H22N2O3Si/c1-10-6-12-13(7-11(10)2)15(8-14-12)9-19(16-3,17-4)18-5/h7H,6,8-9H2,1-5H3. The molecule has 0 saturated carbocycles. The topological polar surface area (TPSA) is 43.3 Å².